The van der Waals surface area contributed by atoms with Crippen molar-refractivity contribution in [3.63, 3.8) is 0 Å². The second kappa shape index (κ2) is 9.22. The Morgan fingerprint density at radius 2 is 1.60 bits per heavy atom. The van der Waals surface area contributed by atoms with Crippen molar-refractivity contribution in [3.8, 4) is 11.1 Å². The first-order chi connectivity index (χ1) is 12.1. The van der Waals surface area contributed by atoms with Crippen LogP contribution in [0.2, 0.25) is 0 Å². The van der Waals surface area contributed by atoms with Gasteiger partial charge in [0, 0.05) is 30.4 Å². The van der Waals surface area contributed by atoms with Gasteiger partial charge in [0.1, 0.15) is 0 Å². The molecule has 0 fully saturated rings. The van der Waals surface area contributed by atoms with Crippen LogP contribution in [-0.2, 0) is 0 Å². The summed E-state index contributed by atoms with van der Waals surface area (Å²) in [4.78, 5) is 15.2. The molecule has 0 aliphatic carbocycles. The highest BCUT2D eigenvalue weighted by Gasteiger charge is 2.12. The van der Waals surface area contributed by atoms with Crippen molar-refractivity contribution in [1.82, 2.24) is 4.90 Å². The van der Waals surface area contributed by atoms with Crippen LogP contribution in [0.3, 0.4) is 0 Å². The van der Waals surface area contributed by atoms with Gasteiger partial charge in [-0.3, -0.25) is 4.79 Å². The SMILES string of the molecule is CCCN(CCC)/C(C)=C/C(=O)c1cccc(-c2ccccc2)c1C. The van der Waals surface area contributed by atoms with Gasteiger partial charge < -0.3 is 4.90 Å². The predicted octanol–water partition coefficient (Wildman–Crippen LogP) is 5.87. The summed E-state index contributed by atoms with van der Waals surface area (Å²) < 4.78 is 0. The molecule has 132 valence electrons. The Labute approximate surface area is 152 Å². The predicted molar refractivity (Wildman–Crippen MR) is 107 cm³/mol. The lowest BCUT2D eigenvalue weighted by molar-refractivity contribution is 0.104. The number of allylic oxidation sites excluding steroid dienone is 2. The maximum Gasteiger partial charge on any atom is 0.187 e. The van der Waals surface area contributed by atoms with E-state index in [1.807, 2.05) is 44.2 Å². The lowest BCUT2D eigenvalue weighted by Gasteiger charge is -2.24. The first-order valence-electron chi connectivity index (χ1n) is 9.21. The molecule has 25 heavy (non-hydrogen) atoms. The van der Waals surface area contributed by atoms with Crippen molar-refractivity contribution < 1.29 is 4.79 Å². The first-order valence-corrected chi connectivity index (χ1v) is 9.21. The Morgan fingerprint density at radius 3 is 2.20 bits per heavy atom. The highest BCUT2D eigenvalue weighted by molar-refractivity contribution is 6.06. The lowest BCUT2D eigenvalue weighted by atomic mass is 9.94. The third-order valence-electron chi connectivity index (χ3n) is 4.51. The van der Waals surface area contributed by atoms with Crippen LogP contribution in [0.4, 0.5) is 0 Å². The van der Waals surface area contributed by atoms with E-state index >= 15 is 0 Å². The Morgan fingerprint density at radius 1 is 0.960 bits per heavy atom. The van der Waals surface area contributed by atoms with Gasteiger partial charge in [0.2, 0.25) is 0 Å². The highest BCUT2D eigenvalue weighted by Crippen LogP contribution is 2.26. The normalized spacial score (nSPS) is 11.4. The zero-order valence-corrected chi connectivity index (χ0v) is 15.9. The zero-order valence-electron chi connectivity index (χ0n) is 15.9. The molecule has 0 saturated heterocycles. The van der Waals surface area contributed by atoms with Crippen LogP contribution in [0, 0.1) is 6.92 Å². The van der Waals surface area contributed by atoms with Crippen molar-refractivity contribution in [2.24, 2.45) is 0 Å². The molecule has 2 aromatic carbocycles. The Balaban J connectivity index is 2.32. The van der Waals surface area contributed by atoms with E-state index in [2.05, 4.69) is 36.9 Å². The standard InChI is InChI=1S/C23H29NO/c1-5-15-24(16-6-2)18(3)17-23(25)22-14-10-13-21(19(22)4)20-11-8-7-9-12-20/h7-14,17H,5-6,15-16H2,1-4H3/b18-17+. The molecule has 0 radical (unpaired) electrons. The Hall–Kier alpha value is -2.35. The van der Waals surface area contributed by atoms with E-state index in [0.717, 1.165) is 53.9 Å². The summed E-state index contributed by atoms with van der Waals surface area (Å²) in [5.74, 6) is 0.0880. The summed E-state index contributed by atoms with van der Waals surface area (Å²) in [6.45, 7) is 10.4. The maximum atomic E-state index is 12.9. The van der Waals surface area contributed by atoms with Gasteiger partial charge >= 0.3 is 0 Å². The summed E-state index contributed by atoms with van der Waals surface area (Å²) in [6, 6.07) is 16.2. The molecule has 2 nitrogen and oxygen atoms in total. The number of hydrogen-bond donors (Lipinski definition) is 0. The van der Waals surface area contributed by atoms with Crippen LogP contribution in [0.5, 0.6) is 0 Å². The average molecular weight is 335 g/mol. The summed E-state index contributed by atoms with van der Waals surface area (Å²) in [6.07, 6.45) is 3.96. The third kappa shape index (κ3) is 4.82. The molecular formula is C23H29NO. The first kappa shape index (κ1) is 19.0. The molecule has 0 saturated carbocycles. The van der Waals surface area contributed by atoms with Gasteiger partial charge in [-0.2, -0.15) is 0 Å². The molecule has 0 aromatic heterocycles. The Bertz CT molecular complexity index is 725. The monoisotopic (exact) mass is 335 g/mol. The largest absolute Gasteiger partial charge is 0.375 e. The third-order valence-corrected chi connectivity index (χ3v) is 4.51. The molecule has 2 rings (SSSR count). The maximum absolute atomic E-state index is 12.9. The number of benzene rings is 2. The molecule has 0 aliphatic heterocycles. The molecule has 0 atom stereocenters. The number of ketones is 1. The van der Waals surface area contributed by atoms with Crippen LogP contribution in [-0.4, -0.2) is 23.8 Å². The minimum atomic E-state index is 0.0880. The van der Waals surface area contributed by atoms with Gasteiger partial charge in [-0.05, 0) is 43.4 Å². The van der Waals surface area contributed by atoms with E-state index in [9.17, 15) is 4.79 Å². The van der Waals surface area contributed by atoms with Gasteiger partial charge in [-0.15, -0.1) is 0 Å². The van der Waals surface area contributed by atoms with E-state index < -0.39 is 0 Å². The summed E-state index contributed by atoms with van der Waals surface area (Å²) in [7, 11) is 0. The van der Waals surface area contributed by atoms with Crippen LogP contribution < -0.4 is 0 Å². The fraction of sp³-hybridized carbons (Fsp3) is 0.348. The van der Waals surface area contributed by atoms with Gasteiger partial charge in [-0.1, -0.05) is 62.4 Å². The van der Waals surface area contributed by atoms with Crippen molar-refractivity contribution in [2.45, 2.75) is 40.5 Å². The summed E-state index contributed by atoms with van der Waals surface area (Å²) in [5, 5.41) is 0. The molecule has 0 unspecified atom stereocenters. The number of nitrogens with zero attached hydrogens (tertiary/aromatic N) is 1. The molecular weight excluding hydrogens is 306 g/mol. The minimum Gasteiger partial charge on any atom is -0.375 e. The fourth-order valence-electron chi connectivity index (χ4n) is 3.20. The topological polar surface area (TPSA) is 20.3 Å². The van der Waals surface area contributed by atoms with E-state index in [1.165, 1.54) is 0 Å². The average Bonchev–Trinajstić information content (AvgIpc) is 2.62. The van der Waals surface area contributed by atoms with E-state index in [1.54, 1.807) is 6.08 Å². The number of rotatable bonds is 8. The van der Waals surface area contributed by atoms with Gasteiger partial charge in [0.15, 0.2) is 5.78 Å². The van der Waals surface area contributed by atoms with Gasteiger partial charge in [0.25, 0.3) is 0 Å². The molecule has 0 heterocycles. The highest BCUT2D eigenvalue weighted by atomic mass is 16.1. The van der Waals surface area contributed by atoms with E-state index in [4.69, 9.17) is 0 Å². The molecule has 0 spiro atoms. The van der Waals surface area contributed by atoms with Crippen molar-refractivity contribution in [2.75, 3.05) is 13.1 Å². The van der Waals surface area contributed by atoms with Crippen molar-refractivity contribution in [3.05, 3.63) is 71.4 Å². The molecule has 2 heteroatoms. The van der Waals surface area contributed by atoms with Crippen molar-refractivity contribution >= 4 is 5.78 Å². The minimum absolute atomic E-state index is 0.0880. The molecule has 0 bridgehead atoms. The van der Waals surface area contributed by atoms with Crippen LogP contribution in [0.1, 0.15) is 49.5 Å². The lowest BCUT2D eigenvalue weighted by Crippen LogP contribution is -2.24. The van der Waals surface area contributed by atoms with Crippen LogP contribution >= 0.6 is 0 Å². The molecule has 0 aliphatic rings. The van der Waals surface area contributed by atoms with E-state index in [-0.39, 0.29) is 5.78 Å². The van der Waals surface area contributed by atoms with E-state index in [0.29, 0.717) is 0 Å². The van der Waals surface area contributed by atoms with Crippen LogP contribution in [0.15, 0.2) is 60.3 Å². The number of hydrogen-bond acceptors (Lipinski definition) is 2. The molecule has 2 aromatic rings. The van der Waals surface area contributed by atoms with Gasteiger partial charge in [0.05, 0.1) is 0 Å². The van der Waals surface area contributed by atoms with Gasteiger partial charge in [-0.25, -0.2) is 0 Å². The summed E-state index contributed by atoms with van der Waals surface area (Å²) in [5.41, 5.74) is 5.15. The number of carbonyl (C=O) groups excluding carboxylic acids is 1. The van der Waals surface area contributed by atoms with Crippen LogP contribution in [0.25, 0.3) is 11.1 Å². The summed E-state index contributed by atoms with van der Waals surface area (Å²) >= 11 is 0. The quantitative estimate of drug-likeness (QED) is 0.444. The molecule has 0 N–H and O–H groups in total. The Kier molecular flexibility index (Phi) is 7.00. The van der Waals surface area contributed by atoms with Crippen molar-refractivity contribution in [1.29, 1.82) is 0 Å². The second-order valence-corrected chi connectivity index (χ2v) is 6.48. The second-order valence-electron chi connectivity index (χ2n) is 6.48. The fourth-order valence-corrected chi connectivity index (χ4v) is 3.20. The number of carbonyl (C=O) groups is 1. The zero-order chi connectivity index (χ0) is 18.2. The smallest absolute Gasteiger partial charge is 0.187 e. The molecule has 0 amide bonds.